The van der Waals surface area contributed by atoms with E-state index in [1.165, 1.54) is 4.90 Å². The summed E-state index contributed by atoms with van der Waals surface area (Å²) in [5.41, 5.74) is 7.59. The summed E-state index contributed by atoms with van der Waals surface area (Å²) in [5, 5.41) is 5.55. The van der Waals surface area contributed by atoms with E-state index in [1.807, 2.05) is 50.2 Å². The van der Waals surface area contributed by atoms with Gasteiger partial charge in [-0.3, -0.25) is 14.4 Å². The zero-order valence-electron chi connectivity index (χ0n) is 23.3. The number of nitrogens with one attached hydrogen (secondary N) is 2. The number of nitrogens with zero attached hydrogens (tertiary/aromatic N) is 1. The highest BCUT2D eigenvalue weighted by atomic mass is 16.6. The normalized spacial score (nSPS) is 12.8. The molecule has 2 rings (SSSR count). The Morgan fingerprint density at radius 1 is 1.00 bits per heavy atom. The number of alkyl carbamates (subject to hydrolysis) is 1. The zero-order chi connectivity index (χ0) is 28.6. The van der Waals surface area contributed by atoms with Crippen LogP contribution in [-0.2, 0) is 19.1 Å². The second-order valence-electron chi connectivity index (χ2n) is 10.7. The highest BCUT2D eigenvalue weighted by Crippen LogP contribution is 2.28. The molecule has 0 radical (unpaired) electrons. The van der Waals surface area contributed by atoms with E-state index in [1.54, 1.807) is 46.8 Å². The van der Waals surface area contributed by atoms with E-state index in [-0.39, 0.29) is 12.8 Å². The van der Waals surface area contributed by atoms with E-state index >= 15 is 0 Å². The Kier molecular flexibility index (Phi) is 10.4. The number of benzene rings is 2. The average molecular weight is 525 g/mol. The Labute approximate surface area is 225 Å². The maximum atomic E-state index is 14.0. The van der Waals surface area contributed by atoms with Crippen molar-refractivity contribution in [1.82, 2.24) is 10.2 Å². The molecule has 0 aliphatic carbocycles. The van der Waals surface area contributed by atoms with E-state index in [4.69, 9.17) is 10.5 Å². The predicted molar refractivity (Wildman–Crippen MR) is 147 cm³/mol. The summed E-state index contributed by atoms with van der Waals surface area (Å²) >= 11 is 0. The minimum atomic E-state index is -1.14. The fraction of sp³-hybridized carbons (Fsp3) is 0.448. The molecular formula is C29H40N4O5. The first-order valence-electron chi connectivity index (χ1n) is 12.7. The molecular weight excluding hydrogens is 484 g/mol. The van der Waals surface area contributed by atoms with Crippen LogP contribution in [0.4, 0.5) is 10.5 Å². The summed E-state index contributed by atoms with van der Waals surface area (Å²) in [7, 11) is 0. The number of primary amides is 1. The van der Waals surface area contributed by atoms with Gasteiger partial charge < -0.3 is 26.0 Å². The van der Waals surface area contributed by atoms with Gasteiger partial charge in [0.1, 0.15) is 17.7 Å². The van der Waals surface area contributed by atoms with Crippen molar-refractivity contribution in [3.05, 3.63) is 65.2 Å². The number of aryl methyl sites for hydroxylation is 2. The van der Waals surface area contributed by atoms with Gasteiger partial charge in [-0.05, 0) is 72.1 Å². The quantitative estimate of drug-likeness (QED) is 0.425. The Hall–Kier alpha value is -3.88. The van der Waals surface area contributed by atoms with Crippen molar-refractivity contribution in [3.63, 3.8) is 0 Å². The summed E-state index contributed by atoms with van der Waals surface area (Å²) in [6.45, 7) is 12.5. The van der Waals surface area contributed by atoms with Crippen LogP contribution in [0, 0.1) is 13.8 Å². The first-order chi connectivity index (χ1) is 17.7. The SMILES string of the molecule is Cc1cccc(C(C(=O)Nc2ccccc2C)N(C(=O)C(CCC(N)=O)NC(=O)OC(C)(C)C)C(C)C)c1. The molecule has 38 heavy (non-hydrogen) atoms. The molecule has 0 heterocycles. The van der Waals surface area contributed by atoms with Crippen molar-refractivity contribution in [2.24, 2.45) is 5.73 Å². The lowest BCUT2D eigenvalue weighted by molar-refractivity contribution is -0.143. The molecule has 9 nitrogen and oxygen atoms in total. The number of hydrogen-bond acceptors (Lipinski definition) is 5. The zero-order valence-corrected chi connectivity index (χ0v) is 23.3. The van der Waals surface area contributed by atoms with Crippen molar-refractivity contribution in [2.45, 2.75) is 85.0 Å². The number of nitrogens with two attached hydrogens (primary N) is 1. The predicted octanol–water partition coefficient (Wildman–Crippen LogP) is 4.38. The molecule has 0 fully saturated rings. The maximum Gasteiger partial charge on any atom is 0.408 e. The Bertz CT molecular complexity index is 1160. The van der Waals surface area contributed by atoms with Crippen LogP contribution in [0.3, 0.4) is 0 Å². The molecule has 0 saturated heterocycles. The van der Waals surface area contributed by atoms with Crippen LogP contribution in [-0.4, -0.2) is 46.4 Å². The van der Waals surface area contributed by atoms with Crippen molar-refractivity contribution >= 4 is 29.5 Å². The van der Waals surface area contributed by atoms with E-state index in [9.17, 15) is 19.2 Å². The van der Waals surface area contributed by atoms with Gasteiger partial charge in [0.15, 0.2) is 0 Å². The van der Waals surface area contributed by atoms with Gasteiger partial charge in [-0.2, -0.15) is 0 Å². The second kappa shape index (κ2) is 13.1. The molecule has 0 saturated carbocycles. The van der Waals surface area contributed by atoms with Gasteiger partial charge in [-0.25, -0.2) is 4.79 Å². The number of anilines is 1. The smallest absolute Gasteiger partial charge is 0.408 e. The molecule has 2 unspecified atom stereocenters. The fourth-order valence-corrected chi connectivity index (χ4v) is 4.05. The highest BCUT2D eigenvalue weighted by molar-refractivity contribution is 5.99. The van der Waals surface area contributed by atoms with Crippen LogP contribution in [0.15, 0.2) is 48.5 Å². The third-order valence-electron chi connectivity index (χ3n) is 5.77. The molecule has 4 amide bonds. The molecule has 2 aromatic rings. The lowest BCUT2D eigenvalue weighted by Crippen LogP contribution is -2.54. The molecule has 206 valence electrons. The van der Waals surface area contributed by atoms with Crippen molar-refractivity contribution in [2.75, 3.05) is 5.32 Å². The molecule has 2 atom stereocenters. The molecule has 4 N–H and O–H groups in total. The molecule has 2 aromatic carbocycles. The van der Waals surface area contributed by atoms with Gasteiger partial charge in [0.2, 0.25) is 11.8 Å². The van der Waals surface area contributed by atoms with Gasteiger partial charge in [0.25, 0.3) is 5.91 Å². The standard InChI is InChI=1S/C29H40N4O5/c1-18(2)33(27(36)23(15-16-24(30)34)32-28(37)38-29(5,6)7)25(21-13-10-11-19(3)17-21)26(35)31-22-14-9-8-12-20(22)4/h8-14,17-18,23,25H,15-16H2,1-7H3,(H2,30,34)(H,31,35)(H,32,37). The van der Waals surface area contributed by atoms with E-state index in [0.717, 1.165) is 11.1 Å². The van der Waals surface area contributed by atoms with Crippen LogP contribution < -0.4 is 16.4 Å². The third-order valence-corrected chi connectivity index (χ3v) is 5.77. The number of carbonyl (C=O) groups is 4. The van der Waals surface area contributed by atoms with Gasteiger partial charge in [-0.15, -0.1) is 0 Å². The van der Waals surface area contributed by atoms with Crippen LogP contribution in [0.1, 0.15) is 70.2 Å². The molecule has 0 aliphatic rings. The van der Waals surface area contributed by atoms with Gasteiger partial charge >= 0.3 is 6.09 Å². The van der Waals surface area contributed by atoms with Gasteiger partial charge in [-0.1, -0.05) is 48.0 Å². The van der Waals surface area contributed by atoms with Crippen LogP contribution >= 0.6 is 0 Å². The topological polar surface area (TPSA) is 131 Å². The van der Waals surface area contributed by atoms with Gasteiger partial charge in [0.05, 0.1) is 0 Å². The summed E-state index contributed by atoms with van der Waals surface area (Å²) < 4.78 is 5.35. The van der Waals surface area contributed by atoms with Crippen molar-refractivity contribution < 1.29 is 23.9 Å². The lowest BCUT2D eigenvalue weighted by atomic mass is 9.98. The Morgan fingerprint density at radius 3 is 2.21 bits per heavy atom. The monoisotopic (exact) mass is 524 g/mol. The number of amides is 4. The summed E-state index contributed by atoms with van der Waals surface area (Å²) in [5.74, 6) is -1.55. The largest absolute Gasteiger partial charge is 0.444 e. The minimum Gasteiger partial charge on any atom is -0.444 e. The van der Waals surface area contributed by atoms with Crippen molar-refractivity contribution in [3.8, 4) is 0 Å². The van der Waals surface area contributed by atoms with E-state index < -0.39 is 47.5 Å². The Morgan fingerprint density at radius 2 is 1.66 bits per heavy atom. The number of carbonyl (C=O) groups excluding carboxylic acids is 4. The maximum absolute atomic E-state index is 14.0. The van der Waals surface area contributed by atoms with Crippen LogP contribution in [0.5, 0.6) is 0 Å². The Balaban J connectivity index is 2.53. The summed E-state index contributed by atoms with van der Waals surface area (Å²) in [4.78, 5) is 53.5. The van der Waals surface area contributed by atoms with Gasteiger partial charge in [0, 0.05) is 18.2 Å². The lowest BCUT2D eigenvalue weighted by Gasteiger charge is -2.37. The highest BCUT2D eigenvalue weighted by Gasteiger charge is 2.38. The minimum absolute atomic E-state index is 0.0451. The molecule has 0 aromatic heterocycles. The summed E-state index contributed by atoms with van der Waals surface area (Å²) in [6.07, 6.45) is -0.986. The van der Waals surface area contributed by atoms with Crippen molar-refractivity contribution in [1.29, 1.82) is 0 Å². The first kappa shape index (κ1) is 30.3. The third kappa shape index (κ3) is 8.90. The number of ether oxygens (including phenoxy) is 1. The van der Waals surface area contributed by atoms with E-state index in [2.05, 4.69) is 10.6 Å². The number of hydrogen-bond donors (Lipinski definition) is 3. The van der Waals surface area contributed by atoms with Crippen LogP contribution in [0.2, 0.25) is 0 Å². The molecule has 0 bridgehead atoms. The molecule has 0 spiro atoms. The number of rotatable bonds is 10. The first-order valence-corrected chi connectivity index (χ1v) is 12.7. The fourth-order valence-electron chi connectivity index (χ4n) is 4.05. The number of para-hydroxylation sites is 1. The van der Waals surface area contributed by atoms with Crippen LogP contribution in [0.25, 0.3) is 0 Å². The second-order valence-corrected chi connectivity index (χ2v) is 10.7. The summed E-state index contributed by atoms with van der Waals surface area (Å²) in [6, 6.07) is 12.1. The molecule has 0 aliphatic heterocycles. The molecule has 9 heteroatoms. The van der Waals surface area contributed by atoms with E-state index in [0.29, 0.717) is 11.3 Å². The average Bonchev–Trinajstić information content (AvgIpc) is 2.79.